The Hall–Kier alpha value is -2.37. The fraction of sp³-hybridized carbons (Fsp3) is 0.571. The SMILES string of the molecule is Cc1nc2ccccc2nc1N1CCC(CN(C)C(=O)OC(C)(C)C)CC1. The molecule has 0 saturated carbocycles. The number of carbonyl (C=O) groups excluding carboxylic acids is 1. The molecule has 6 heteroatoms. The minimum atomic E-state index is -0.457. The monoisotopic (exact) mass is 370 g/mol. The zero-order valence-corrected chi connectivity index (χ0v) is 17.0. The van der Waals surface area contributed by atoms with Gasteiger partial charge in [-0.3, -0.25) is 0 Å². The van der Waals surface area contributed by atoms with E-state index in [9.17, 15) is 4.79 Å². The molecule has 1 fully saturated rings. The van der Waals surface area contributed by atoms with Crippen LogP contribution in [0.15, 0.2) is 24.3 Å². The Balaban J connectivity index is 1.59. The van der Waals surface area contributed by atoms with Crippen LogP contribution in [0.5, 0.6) is 0 Å². The molecule has 2 aromatic rings. The van der Waals surface area contributed by atoms with Crippen molar-refractivity contribution < 1.29 is 9.53 Å². The van der Waals surface area contributed by atoms with Gasteiger partial charge in [0.05, 0.1) is 16.7 Å². The number of amides is 1. The summed E-state index contributed by atoms with van der Waals surface area (Å²) in [5, 5.41) is 0. The van der Waals surface area contributed by atoms with E-state index in [0.29, 0.717) is 5.92 Å². The summed E-state index contributed by atoms with van der Waals surface area (Å²) < 4.78 is 5.45. The number of aromatic nitrogens is 2. The van der Waals surface area contributed by atoms with E-state index in [4.69, 9.17) is 14.7 Å². The maximum atomic E-state index is 12.2. The number of benzene rings is 1. The molecule has 1 aromatic carbocycles. The first-order valence-electron chi connectivity index (χ1n) is 9.65. The Labute approximate surface area is 161 Å². The number of hydrogen-bond donors (Lipinski definition) is 0. The van der Waals surface area contributed by atoms with Gasteiger partial charge in [-0.1, -0.05) is 12.1 Å². The summed E-state index contributed by atoms with van der Waals surface area (Å²) in [4.78, 5) is 25.7. The van der Waals surface area contributed by atoms with Crippen LogP contribution in [0.4, 0.5) is 10.6 Å². The van der Waals surface area contributed by atoms with Gasteiger partial charge >= 0.3 is 6.09 Å². The molecule has 146 valence electrons. The van der Waals surface area contributed by atoms with Gasteiger partial charge in [-0.05, 0) is 58.6 Å². The number of carbonyl (C=O) groups is 1. The maximum absolute atomic E-state index is 12.2. The van der Waals surface area contributed by atoms with Crippen LogP contribution in [0.2, 0.25) is 0 Å². The third kappa shape index (κ3) is 4.87. The molecule has 0 atom stereocenters. The number of fused-ring (bicyclic) bond motifs is 1. The molecule has 1 aliphatic rings. The van der Waals surface area contributed by atoms with Crippen LogP contribution in [0.25, 0.3) is 11.0 Å². The van der Waals surface area contributed by atoms with E-state index < -0.39 is 5.60 Å². The maximum Gasteiger partial charge on any atom is 0.410 e. The minimum absolute atomic E-state index is 0.249. The number of rotatable bonds is 3. The van der Waals surface area contributed by atoms with E-state index in [0.717, 1.165) is 55.0 Å². The Morgan fingerprint density at radius 3 is 2.37 bits per heavy atom. The molecule has 6 nitrogen and oxygen atoms in total. The van der Waals surface area contributed by atoms with Gasteiger partial charge in [0.1, 0.15) is 5.60 Å². The summed E-state index contributed by atoms with van der Waals surface area (Å²) in [7, 11) is 1.82. The molecule has 1 saturated heterocycles. The second kappa shape index (κ2) is 7.71. The predicted octanol–water partition coefficient (Wildman–Crippen LogP) is 4.02. The van der Waals surface area contributed by atoms with E-state index >= 15 is 0 Å². The van der Waals surface area contributed by atoms with Crippen molar-refractivity contribution in [1.29, 1.82) is 0 Å². The molecule has 0 bridgehead atoms. The van der Waals surface area contributed by atoms with Gasteiger partial charge in [0.25, 0.3) is 0 Å². The lowest BCUT2D eigenvalue weighted by Gasteiger charge is -2.35. The second-order valence-electron chi connectivity index (χ2n) is 8.41. The minimum Gasteiger partial charge on any atom is -0.444 e. The van der Waals surface area contributed by atoms with Crippen LogP contribution in [0.3, 0.4) is 0 Å². The number of piperidine rings is 1. The van der Waals surface area contributed by atoms with E-state index in [2.05, 4.69) is 4.90 Å². The van der Waals surface area contributed by atoms with Crippen molar-refractivity contribution in [2.75, 3.05) is 31.6 Å². The summed E-state index contributed by atoms with van der Waals surface area (Å²) in [6, 6.07) is 7.99. The van der Waals surface area contributed by atoms with Crippen molar-refractivity contribution in [2.45, 2.75) is 46.1 Å². The number of para-hydroxylation sites is 2. The zero-order valence-electron chi connectivity index (χ0n) is 17.0. The van der Waals surface area contributed by atoms with E-state index in [1.54, 1.807) is 4.90 Å². The Kier molecular flexibility index (Phi) is 5.53. The van der Waals surface area contributed by atoms with Gasteiger partial charge in [0.15, 0.2) is 5.82 Å². The largest absolute Gasteiger partial charge is 0.444 e. The highest BCUT2D eigenvalue weighted by atomic mass is 16.6. The summed E-state index contributed by atoms with van der Waals surface area (Å²) in [6.45, 7) is 10.3. The average molecular weight is 370 g/mol. The molecule has 27 heavy (non-hydrogen) atoms. The van der Waals surface area contributed by atoms with Crippen LogP contribution < -0.4 is 4.90 Å². The summed E-state index contributed by atoms with van der Waals surface area (Å²) in [6.07, 6.45) is 1.81. The van der Waals surface area contributed by atoms with Gasteiger partial charge in [-0.2, -0.15) is 0 Å². The first kappa shape index (κ1) is 19.4. The van der Waals surface area contributed by atoms with Crippen molar-refractivity contribution in [3.63, 3.8) is 0 Å². The number of hydrogen-bond acceptors (Lipinski definition) is 5. The van der Waals surface area contributed by atoms with Crippen molar-refractivity contribution in [2.24, 2.45) is 5.92 Å². The van der Waals surface area contributed by atoms with Crippen molar-refractivity contribution in [3.05, 3.63) is 30.0 Å². The lowest BCUT2D eigenvalue weighted by atomic mass is 9.96. The Morgan fingerprint density at radius 2 is 1.78 bits per heavy atom. The van der Waals surface area contributed by atoms with Gasteiger partial charge in [-0.15, -0.1) is 0 Å². The molecule has 0 spiro atoms. The summed E-state index contributed by atoms with van der Waals surface area (Å²) >= 11 is 0. The van der Waals surface area contributed by atoms with Gasteiger partial charge < -0.3 is 14.5 Å². The van der Waals surface area contributed by atoms with Crippen molar-refractivity contribution in [3.8, 4) is 0 Å². The standard InChI is InChI=1S/C21H30N4O2/c1-15-19(23-18-9-7-6-8-17(18)22-15)25-12-10-16(11-13-25)14-24(5)20(26)27-21(2,3)4/h6-9,16H,10-14H2,1-5H3. The van der Waals surface area contributed by atoms with E-state index in [1.165, 1.54) is 0 Å². The third-order valence-corrected chi connectivity index (χ3v) is 4.87. The number of aryl methyl sites for hydroxylation is 1. The van der Waals surface area contributed by atoms with E-state index in [-0.39, 0.29) is 6.09 Å². The smallest absolute Gasteiger partial charge is 0.410 e. The predicted molar refractivity (Wildman–Crippen MR) is 108 cm³/mol. The number of anilines is 1. The van der Waals surface area contributed by atoms with Crippen LogP contribution in [-0.4, -0.2) is 53.2 Å². The Bertz CT molecular complexity index is 807. The molecule has 0 aliphatic carbocycles. The average Bonchev–Trinajstić information content (AvgIpc) is 2.60. The third-order valence-electron chi connectivity index (χ3n) is 4.87. The van der Waals surface area contributed by atoms with E-state index in [1.807, 2.05) is 59.0 Å². The highest BCUT2D eigenvalue weighted by Crippen LogP contribution is 2.26. The van der Waals surface area contributed by atoms with Crippen LogP contribution in [-0.2, 0) is 4.74 Å². The quantitative estimate of drug-likeness (QED) is 0.817. The number of ether oxygens (including phenoxy) is 1. The molecule has 3 rings (SSSR count). The Morgan fingerprint density at radius 1 is 1.19 bits per heavy atom. The first-order chi connectivity index (χ1) is 12.7. The first-order valence-corrected chi connectivity index (χ1v) is 9.65. The van der Waals surface area contributed by atoms with Crippen LogP contribution in [0.1, 0.15) is 39.3 Å². The lowest BCUT2D eigenvalue weighted by Crippen LogP contribution is -2.41. The molecule has 2 heterocycles. The van der Waals surface area contributed by atoms with Gasteiger partial charge in [0.2, 0.25) is 0 Å². The molecule has 0 unspecified atom stereocenters. The van der Waals surface area contributed by atoms with Gasteiger partial charge in [-0.25, -0.2) is 14.8 Å². The topological polar surface area (TPSA) is 58.6 Å². The summed E-state index contributed by atoms with van der Waals surface area (Å²) in [5.41, 5.74) is 2.39. The fourth-order valence-electron chi connectivity index (χ4n) is 3.51. The van der Waals surface area contributed by atoms with Crippen LogP contribution in [0, 0.1) is 12.8 Å². The van der Waals surface area contributed by atoms with Crippen molar-refractivity contribution in [1.82, 2.24) is 14.9 Å². The normalized spacial score (nSPS) is 15.8. The van der Waals surface area contributed by atoms with Gasteiger partial charge in [0, 0.05) is 26.7 Å². The molecule has 1 aliphatic heterocycles. The number of nitrogens with zero attached hydrogens (tertiary/aromatic N) is 4. The molecular formula is C21H30N4O2. The highest BCUT2D eigenvalue weighted by Gasteiger charge is 2.26. The summed E-state index contributed by atoms with van der Waals surface area (Å²) in [5.74, 6) is 1.46. The van der Waals surface area contributed by atoms with Crippen LogP contribution >= 0.6 is 0 Å². The fourth-order valence-corrected chi connectivity index (χ4v) is 3.51. The van der Waals surface area contributed by atoms with Crippen molar-refractivity contribution >= 4 is 22.9 Å². The lowest BCUT2D eigenvalue weighted by molar-refractivity contribution is 0.0266. The molecular weight excluding hydrogens is 340 g/mol. The second-order valence-corrected chi connectivity index (χ2v) is 8.41. The molecule has 1 amide bonds. The molecule has 0 radical (unpaired) electrons. The molecule has 0 N–H and O–H groups in total. The highest BCUT2D eigenvalue weighted by molar-refractivity contribution is 5.76. The molecule has 1 aromatic heterocycles. The zero-order chi connectivity index (χ0) is 19.6.